The summed E-state index contributed by atoms with van der Waals surface area (Å²) in [4.78, 5) is 16.3. The van der Waals surface area contributed by atoms with Gasteiger partial charge in [0.2, 0.25) is 5.91 Å². The molecule has 0 bridgehead atoms. The third kappa shape index (κ3) is 4.60. The van der Waals surface area contributed by atoms with Gasteiger partial charge in [0.15, 0.2) is 11.6 Å². The topological polar surface area (TPSA) is 54.0 Å². The first-order chi connectivity index (χ1) is 12.1. The average Bonchev–Trinajstić information content (AvgIpc) is 2.64. The van der Waals surface area contributed by atoms with E-state index in [1.165, 1.54) is 6.07 Å². The number of amides is 1. The minimum atomic E-state index is -0.851. The van der Waals surface area contributed by atoms with E-state index in [0.717, 1.165) is 30.2 Å². The van der Waals surface area contributed by atoms with Crippen molar-refractivity contribution in [1.82, 2.24) is 15.6 Å². The van der Waals surface area contributed by atoms with Gasteiger partial charge < -0.3 is 10.6 Å². The first-order valence-corrected chi connectivity index (χ1v) is 8.47. The van der Waals surface area contributed by atoms with Crippen molar-refractivity contribution in [2.75, 3.05) is 13.1 Å². The number of nitrogens with one attached hydrogen (secondary N) is 2. The maximum atomic E-state index is 13.5. The Morgan fingerprint density at radius 3 is 2.76 bits per heavy atom. The molecule has 1 aromatic heterocycles. The Morgan fingerprint density at radius 2 is 2.00 bits per heavy atom. The van der Waals surface area contributed by atoms with Crippen molar-refractivity contribution in [3.63, 3.8) is 0 Å². The number of rotatable bonds is 5. The Kier molecular flexibility index (Phi) is 5.71. The summed E-state index contributed by atoms with van der Waals surface area (Å²) in [5, 5.41) is 6.29. The molecule has 1 saturated heterocycles. The van der Waals surface area contributed by atoms with Crippen molar-refractivity contribution in [3.05, 3.63) is 65.5 Å². The van der Waals surface area contributed by atoms with Crippen molar-refractivity contribution in [2.45, 2.75) is 31.2 Å². The highest BCUT2D eigenvalue weighted by atomic mass is 19.2. The number of halogens is 2. The third-order valence-corrected chi connectivity index (χ3v) is 4.59. The van der Waals surface area contributed by atoms with Gasteiger partial charge in [0.1, 0.15) is 0 Å². The number of carbonyl (C=O) groups is 1. The smallest absolute Gasteiger partial charge is 0.220 e. The quantitative estimate of drug-likeness (QED) is 0.876. The molecule has 1 fully saturated rings. The van der Waals surface area contributed by atoms with E-state index in [2.05, 4.69) is 15.6 Å². The van der Waals surface area contributed by atoms with Gasteiger partial charge in [-0.15, -0.1) is 0 Å². The molecule has 1 aliphatic rings. The van der Waals surface area contributed by atoms with Crippen LogP contribution in [0.4, 0.5) is 8.78 Å². The van der Waals surface area contributed by atoms with E-state index in [0.29, 0.717) is 19.4 Å². The zero-order chi connectivity index (χ0) is 17.6. The normalized spacial score (nSPS) is 20.2. The molecular formula is C19H21F2N3O. The van der Waals surface area contributed by atoms with Crippen LogP contribution in [0.15, 0.2) is 42.7 Å². The molecular weight excluding hydrogens is 324 g/mol. The molecule has 4 nitrogen and oxygen atoms in total. The molecule has 2 heterocycles. The Morgan fingerprint density at radius 1 is 1.20 bits per heavy atom. The summed E-state index contributed by atoms with van der Waals surface area (Å²) in [6.07, 6.45) is 5.20. The molecule has 0 radical (unpaired) electrons. The van der Waals surface area contributed by atoms with Crippen molar-refractivity contribution < 1.29 is 13.6 Å². The van der Waals surface area contributed by atoms with E-state index in [-0.39, 0.29) is 17.9 Å². The second kappa shape index (κ2) is 8.16. The van der Waals surface area contributed by atoms with Crippen LogP contribution >= 0.6 is 0 Å². The molecule has 1 aliphatic heterocycles. The maximum Gasteiger partial charge on any atom is 0.220 e. The van der Waals surface area contributed by atoms with Gasteiger partial charge in [-0.1, -0.05) is 6.07 Å². The van der Waals surface area contributed by atoms with Gasteiger partial charge >= 0.3 is 0 Å². The Hall–Kier alpha value is -2.34. The lowest BCUT2D eigenvalue weighted by Crippen LogP contribution is -2.50. The van der Waals surface area contributed by atoms with Crippen LogP contribution in [-0.2, 0) is 11.2 Å². The number of carbonyl (C=O) groups excluding carboxylic acids is 1. The molecule has 0 aliphatic carbocycles. The minimum absolute atomic E-state index is 0.0266. The molecule has 6 heteroatoms. The minimum Gasteiger partial charge on any atom is -0.351 e. The summed E-state index contributed by atoms with van der Waals surface area (Å²) in [6.45, 7) is 1.40. The van der Waals surface area contributed by atoms with Crippen molar-refractivity contribution >= 4 is 5.91 Å². The molecule has 0 saturated carbocycles. The summed E-state index contributed by atoms with van der Waals surface area (Å²) >= 11 is 0. The zero-order valence-electron chi connectivity index (χ0n) is 13.8. The van der Waals surface area contributed by atoms with E-state index in [1.54, 1.807) is 18.5 Å². The summed E-state index contributed by atoms with van der Waals surface area (Å²) in [5.41, 5.74) is 1.78. The number of hydrogen-bond acceptors (Lipinski definition) is 3. The van der Waals surface area contributed by atoms with Gasteiger partial charge in [-0.25, -0.2) is 8.78 Å². The van der Waals surface area contributed by atoms with Crippen LogP contribution in [0.25, 0.3) is 0 Å². The van der Waals surface area contributed by atoms with Gasteiger partial charge in [0, 0.05) is 37.3 Å². The molecule has 1 aromatic carbocycles. The van der Waals surface area contributed by atoms with Gasteiger partial charge in [-0.3, -0.25) is 9.78 Å². The van der Waals surface area contributed by atoms with E-state index in [4.69, 9.17) is 0 Å². The van der Waals surface area contributed by atoms with Crippen molar-refractivity contribution in [2.24, 2.45) is 0 Å². The van der Waals surface area contributed by atoms with Crippen LogP contribution in [0.5, 0.6) is 0 Å². The lowest BCUT2D eigenvalue weighted by Gasteiger charge is -2.33. The number of benzene rings is 1. The van der Waals surface area contributed by atoms with Crippen LogP contribution in [-0.4, -0.2) is 30.0 Å². The number of pyridine rings is 1. The fourth-order valence-corrected chi connectivity index (χ4v) is 3.24. The van der Waals surface area contributed by atoms with Gasteiger partial charge in [0.05, 0.1) is 0 Å². The molecule has 0 spiro atoms. The fourth-order valence-electron chi connectivity index (χ4n) is 3.24. The second-order valence-electron chi connectivity index (χ2n) is 6.30. The lowest BCUT2D eigenvalue weighted by molar-refractivity contribution is -0.122. The Balaban J connectivity index is 1.62. The van der Waals surface area contributed by atoms with E-state index in [1.807, 2.05) is 12.1 Å². The van der Waals surface area contributed by atoms with E-state index < -0.39 is 11.6 Å². The Bertz CT molecular complexity index is 724. The first kappa shape index (κ1) is 17.5. The largest absolute Gasteiger partial charge is 0.351 e. The van der Waals surface area contributed by atoms with E-state index in [9.17, 15) is 13.6 Å². The predicted molar refractivity (Wildman–Crippen MR) is 91.1 cm³/mol. The second-order valence-corrected chi connectivity index (χ2v) is 6.30. The Labute approximate surface area is 145 Å². The number of aryl methyl sites for hydroxylation is 1. The molecule has 132 valence electrons. The monoisotopic (exact) mass is 345 g/mol. The maximum absolute atomic E-state index is 13.5. The molecule has 1 amide bonds. The zero-order valence-corrected chi connectivity index (χ0v) is 13.8. The molecule has 2 unspecified atom stereocenters. The number of piperidine rings is 1. The van der Waals surface area contributed by atoms with Gasteiger partial charge in [-0.2, -0.15) is 0 Å². The van der Waals surface area contributed by atoms with Crippen LogP contribution < -0.4 is 10.6 Å². The summed E-state index contributed by atoms with van der Waals surface area (Å²) < 4.78 is 26.7. The van der Waals surface area contributed by atoms with Crippen molar-refractivity contribution in [3.8, 4) is 0 Å². The standard InChI is InChI=1S/C19H21F2N3O/c20-16-3-2-14(11-17(16)21)15-7-10-23-12-18(15)24-19(25)4-1-13-5-8-22-9-6-13/h2-3,5-6,8-9,11,15,18,23H,1,4,7,10,12H2,(H,24,25). The van der Waals surface area contributed by atoms with Gasteiger partial charge in [0.25, 0.3) is 0 Å². The van der Waals surface area contributed by atoms with Gasteiger partial charge in [-0.05, 0) is 54.8 Å². The number of hydrogen-bond donors (Lipinski definition) is 2. The van der Waals surface area contributed by atoms with Crippen LogP contribution in [0, 0.1) is 11.6 Å². The number of nitrogens with zero attached hydrogens (tertiary/aromatic N) is 1. The SMILES string of the molecule is O=C(CCc1ccncc1)NC1CNCCC1c1ccc(F)c(F)c1. The summed E-state index contributed by atoms with van der Waals surface area (Å²) in [7, 11) is 0. The molecule has 2 N–H and O–H groups in total. The highest BCUT2D eigenvalue weighted by Gasteiger charge is 2.28. The average molecular weight is 345 g/mol. The predicted octanol–water partition coefficient (Wildman–Crippen LogP) is 2.55. The third-order valence-electron chi connectivity index (χ3n) is 4.59. The highest BCUT2D eigenvalue weighted by molar-refractivity contribution is 5.76. The van der Waals surface area contributed by atoms with Crippen molar-refractivity contribution in [1.29, 1.82) is 0 Å². The lowest BCUT2D eigenvalue weighted by atomic mass is 9.86. The molecule has 2 aromatic rings. The summed E-state index contributed by atoms with van der Waals surface area (Å²) in [6, 6.07) is 7.63. The number of aromatic nitrogens is 1. The highest BCUT2D eigenvalue weighted by Crippen LogP contribution is 2.27. The van der Waals surface area contributed by atoms with Crippen LogP contribution in [0.2, 0.25) is 0 Å². The van der Waals surface area contributed by atoms with E-state index >= 15 is 0 Å². The summed E-state index contributed by atoms with van der Waals surface area (Å²) in [5.74, 6) is -1.77. The fraction of sp³-hybridized carbons (Fsp3) is 0.368. The van der Waals surface area contributed by atoms with Crippen LogP contribution in [0.3, 0.4) is 0 Å². The molecule has 3 rings (SSSR count). The van der Waals surface area contributed by atoms with Crippen LogP contribution in [0.1, 0.15) is 29.9 Å². The molecule has 2 atom stereocenters. The molecule has 25 heavy (non-hydrogen) atoms. The first-order valence-electron chi connectivity index (χ1n) is 8.47.